The Morgan fingerprint density at radius 3 is 2.44 bits per heavy atom. The van der Waals surface area contributed by atoms with Gasteiger partial charge in [0.1, 0.15) is 17.3 Å². The molecule has 0 radical (unpaired) electrons. The molecular formula is C17H17FN4O4S. The molecule has 10 heteroatoms. The number of methoxy groups -OCH3 is 1. The Morgan fingerprint density at radius 1 is 1.22 bits per heavy atom. The van der Waals surface area contributed by atoms with Crippen LogP contribution >= 0.6 is 0 Å². The van der Waals surface area contributed by atoms with Gasteiger partial charge in [0.15, 0.2) is 0 Å². The van der Waals surface area contributed by atoms with Crippen molar-refractivity contribution >= 4 is 32.5 Å². The van der Waals surface area contributed by atoms with Crippen molar-refractivity contribution in [3.63, 3.8) is 0 Å². The summed E-state index contributed by atoms with van der Waals surface area (Å²) in [6.45, 7) is 0. The molecule has 0 aliphatic carbocycles. The Hall–Kier alpha value is -3.14. The van der Waals surface area contributed by atoms with Crippen LogP contribution in [-0.2, 0) is 10.0 Å². The zero-order valence-electron chi connectivity index (χ0n) is 14.8. The summed E-state index contributed by atoms with van der Waals surface area (Å²) in [5.41, 5.74) is 1.25. The molecule has 1 heterocycles. The summed E-state index contributed by atoms with van der Waals surface area (Å²) in [5.74, 6) is -0.595. The van der Waals surface area contributed by atoms with E-state index in [9.17, 15) is 17.6 Å². The highest BCUT2D eigenvalue weighted by Gasteiger charge is 2.21. The third-order valence-corrected chi connectivity index (χ3v) is 4.39. The van der Waals surface area contributed by atoms with E-state index in [-0.39, 0.29) is 17.1 Å². The number of carbonyl (C=O) groups is 1. The van der Waals surface area contributed by atoms with E-state index in [4.69, 9.17) is 4.74 Å². The van der Waals surface area contributed by atoms with Crippen molar-refractivity contribution < 1.29 is 22.3 Å². The number of aromatic nitrogens is 2. The number of anilines is 1. The van der Waals surface area contributed by atoms with Crippen LogP contribution in [0.15, 0.2) is 36.4 Å². The monoisotopic (exact) mass is 392 g/mol. The Morgan fingerprint density at radius 2 is 1.89 bits per heavy atom. The average Bonchev–Trinajstić information content (AvgIpc) is 2.97. The Balaban J connectivity index is 2.30. The molecular weight excluding hydrogens is 375 g/mol. The van der Waals surface area contributed by atoms with E-state index in [2.05, 4.69) is 15.1 Å². The largest absolute Gasteiger partial charge is 0.495 e. The second kappa shape index (κ2) is 6.88. The van der Waals surface area contributed by atoms with E-state index in [1.54, 1.807) is 0 Å². The summed E-state index contributed by atoms with van der Waals surface area (Å²) in [6.07, 6.45) is 1.02. The van der Waals surface area contributed by atoms with Crippen LogP contribution in [0.5, 0.6) is 5.75 Å². The highest BCUT2D eigenvalue weighted by molar-refractivity contribution is 7.92. The minimum Gasteiger partial charge on any atom is -0.495 e. The van der Waals surface area contributed by atoms with Crippen LogP contribution in [0.3, 0.4) is 0 Å². The van der Waals surface area contributed by atoms with Crippen molar-refractivity contribution in [2.24, 2.45) is 0 Å². The number of hydrogen-bond acceptors (Lipinski definition) is 5. The van der Waals surface area contributed by atoms with Crippen LogP contribution in [0.4, 0.5) is 10.1 Å². The van der Waals surface area contributed by atoms with Gasteiger partial charge in [-0.05, 0) is 36.4 Å². The molecule has 8 nitrogen and oxygen atoms in total. The summed E-state index contributed by atoms with van der Waals surface area (Å²) in [6, 6.07) is 8.49. The van der Waals surface area contributed by atoms with Crippen molar-refractivity contribution in [3.8, 4) is 11.4 Å². The number of halogens is 1. The highest BCUT2D eigenvalue weighted by Crippen LogP contribution is 2.33. The first-order valence-electron chi connectivity index (χ1n) is 7.80. The van der Waals surface area contributed by atoms with Gasteiger partial charge in [0, 0.05) is 12.4 Å². The Bertz CT molecular complexity index is 1120. The molecule has 0 bridgehead atoms. The molecule has 0 fully saturated rings. The van der Waals surface area contributed by atoms with Crippen LogP contribution in [0.2, 0.25) is 0 Å². The maximum Gasteiger partial charge on any atom is 0.270 e. The smallest absolute Gasteiger partial charge is 0.270 e. The number of nitrogens with zero attached hydrogens (tertiary/aromatic N) is 2. The number of carbonyl (C=O) groups excluding carboxylic acids is 1. The maximum atomic E-state index is 13.3. The topological polar surface area (TPSA) is 102 Å². The molecule has 0 aliphatic rings. The minimum atomic E-state index is -3.55. The third-order valence-electron chi connectivity index (χ3n) is 3.80. The van der Waals surface area contributed by atoms with Crippen molar-refractivity contribution in [2.75, 3.05) is 25.1 Å². The van der Waals surface area contributed by atoms with E-state index in [1.165, 1.54) is 55.2 Å². The fourth-order valence-electron chi connectivity index (χ4n) is 2.67. The molecule has 27 heavy (non-hydrogen) atoms. The number of nitrogens with one attached hydrogen (secondary N) is 2. The number of amides is 1. The van der Waals surface area contributed by atoms with Crippen LogP contribution in [0, 0.1) is 5.82 Å². The number of rotatable bonds is 5. The van der Waals surface area contributed by atoms with E-state index < -0.39 is 21.7 Å². The molecule has 0 saturated carbocycles. The van der Waals surface area contributed by atoms with Gasteiger partial charge >= 0.3 is 0 Å². The fourth-order valence-corrected chi connectivity index (χ4v) is 3.23. The third kappa shape index (κ3) is 3.70. The van der Waals surface area contributed by atoms with Gasteiger partial charge in [-0.2, -0.15) is 5.10 Å². The van der Waals surface area contributed by atoms with Crippen molar-refractivity contribution in [3.05, 3.63) is 47.9 Å². The summed E-state index contributed by atoms with van der Waals surface area (Å²) in [5, 5.41) is 7.39. The lowest BCUT2D eigenvalue weighted by Gasteiger charge is -2.10. The molecule has 0 aliphatic heterocycles. The first-order chi connectivity index (χ1) is 12.7. The molecule has 1 aromatic heterocycles. The zero-order chi connectivity index (χ0) is 19.8. The number of sulfonamides is 1. The molecule has 0 spiro atoms. The summed E-state index contributed by atoms with van der Waals surface area (Å²) >= 11 is 0. The second-order valence-electron chi connectivity index (χ2n) is 5.76. The van der Waals surface area contributed by atoms with E-state index >= 15 is 0 Å². The zero-order valence-corrected chi connectivity index (χ0v) is 15.6. The number of fused-ring (bicyclic) bond motifs is 1. The molecule has 3 aromatic rings. The molecule has 142 valence electrons. The van der Waals surface area contributed by atoms with E-state index in [0.717, 1.165) is 6.26 Å². The highest BCUT2D eigenvalue weighted by atomic mass is 32.2. The number of hydrogen-bond donors (Lipinski definition) is 2. The first kappa shape index (κ1) is 18.6. The van der Waals surface area contributed by atoms with Gasteiger partial charge < -0.3 is 10.1 Å². The van der Waals surface area contributed by atoms with Gasteiger partial charge in [-0.1, -0.05) is 0 Å². The molecule has 0 atom stereocenters. The SMILES string of the molecule is CNC(=O)c1c2cc(OC)c(NS(C)(=O)=O)cc2nn1-c1ccc(F)cc1. The average molecular weight is 392 g/mol. The Labute approximate surface area is 155 Å². The molecule has 0 saturated heterocycles. The molecule has 2 N–H and O–H groups in total. The van der Waals surface area contributed by atoms with E-state index in [1.807, 2.05) is 0 Å². The van der Waals surface area contributed by atoms with Gasteiger partial charge in [0.25, 0.3) is 5.91 Å². The minimum absolute atomic E-state index is 0.194. The van der Waals surface area contributed by atoms with Gasteiger partial charge in [0.2, 0.25) is 10.0 Å². The summed E-state index contributed by atoms with van der Waals surface area (Å²) in [4.78, 5) is 12.5. The quantitative estimate of drug-likeness (QED) is 0.691. The fraction of sp³-hybridized carbons (Fsp3) is 0.176. The molecule has 3 rings (SSSR count). The van der Waals surface area contributed by atoms with Crippen LogP contribution in [-0.4, -0.2) is 44.5 Å². The second-order valence-corrected chi connectivity index (χ2v) is 7.51. The molecule has 2 aromatic carbocycles. The predicted molar refractivity (Wildman–Crippen MR) is 99.4 cm³/mol. The Kier molecular flexibility index (Phi) is 4.75. The van der Waals surface area contributed by atoms with Gasteiger partial charge in [-0.25, -0.2) is 17.5 Å². The standard InChI is InChI=1S/C17H17FN4O4S/c1-19-17(23)16-12-8-15(26-2)14(21-27(3,24)25)9-13(12)20-22(16)11-6-4-10(18)5-7-11/h4-9,21H,1-3H3,(H,19,23). The lowest BCUT2D eigenvalue weighted by atomic mass is 10.1. The maximum absolute atomic E-state index is 13.3. The lowest BCUT2D eigenvalue weighted by molar-refractivity contribution is 0.0957. The summed E-state index contributed by atoms with van der Waals surface area (Å²) < 4.78 is 45.4. The van der Waals surface area contributed by atoms with Crippen molar-refractivity contribution in [1.82, 2.24) is 15.1 Å². The lowest BCUT2D eigenvalue weighted by Crippen LogP contribution is -2.21. The van der Waals surface area contributed by atoms with Crippen LogP contribution in [0.25, 0.3) is 16.6 Å². The van der Waals surface area contributed by atoms with E-state index in [0.29, 0.717) is 16.6 Å². The number of benzene rings is 2. The predicted octanol–water partition coefficient (Wildman–Crippen LogP) is 1.90. The van der Waals surface area contributed by atoms with Crippen molar-refractivity contribution in [1.29, 1.82) is 0 Å². The summed E-state index contributed by atoms with van der Waals surface area (Å²) in [7, 11) is -0.679. The normalized spacial score (nSPS) is 11.4. The molecule has 1 amide bonds. The van der Waals surface area contributed by atoms with Crippen LogP contribution in [0.1, 0.15) is 10.5 Å². The van der Waals surface area contributed by atoms with Crippen molar-refractivity contribution in [2.45, 2.75) is 0 Å². The molecule has 0 unspecified atom stereocenters. The van der Waals surface area contributed by atoms with Gasteiger partial charge in [0.05, 0.1) is 30.3 Å². The number of ether oxygens (including phenoxy) is 1. The van der Waals surface area contributed by atoms with Crippen LogP contribution < -0.4 is 14.8 Å². The first-order valence-corrected chi connectivity index (χ1v) is 9.69. The van der Waals surface area contributed by atoms with Gasteiger partial charge in [-0.3, -0.25) is 9.52 Å². The van der Waals surface area contributed by atoms with Gasteiger partial charge in [-0.15, -0.1) is 0 Å².